The van der Waals surface area contributed by atoms with E-state index < -0.39 is 0 Å². The lowest BCUT2D eigenvalue weighted by Crippen LogP contribution is -2.26. The van der Waals surface area contributed by atoms with Gasteiger partial charge >= 0.3 is 0 Å². The first-order chi connectivity index (χ1) is 7.18. The Bertz CT molecular complexity index is 202. The Balaban J connectivity index is 2.00. The van der Waals surface area contributed by atoms with Crippen molar-refractivity contribution in [3.05, 3.63) is 0 Å². The summed E-state index contributed by atoms with van der Waals surface area (Å²) in [6.45, 7) is 8.93. The van der Waals surface area contributed by atoms with Gasteiger partial charge < -0.3 is 5.32 Å². The molecule has 0 spiro atoms. The number of aliphatic imine (C=N–C) groups is 1. The molecule has 1 unspecified atom stereocenters. The minimum Gasteiger partial charge on any atom is -0.365 e. The second kappa shape index (κ2) is 7.15. The quantitative estimate of drug-likeness (QED) is 0.731. The van der Waals surface area contributed by atoms with E-state index >= 15 is 0 Å². The number of unbranched alkanes of at least 4 members (excludes halogenated alkanes) is 1. The molecule has 1 rings (SSSR count). The fourth-order valence-corrected chi connectivity index (χ4v) is 2.46. The number of amidine groups is 1. The molecule has 2 nitrogen and oxygen atoms in total. The molecule has 1 aliphatic rings. The van der Waals surface area contributed by atoms with Crippen LogP contribution in [-0.2, 0) is 0 Å². The van der Waals surface area contributed by atoms with E-state index in [1.165, 1.54) is 25.0 Å². The van der Waals surface area contributed by atoms with Crippen molar-refractivity contribution in [1.29, 1.82) is 0 Å². The summed E-state index contributed by atoms with van der Waals surface area (Å²) >= 11 is 1.87. The maximum Gasteiger partial charge on any atom is 0.156 e. The van der Waals surface area contributed by atoms with Crippen LogP contribution >= 0.6 is 11.8 Å². The maximum atomic E-state index is 4.51. The van der Waals surface area contributed by atoms with E-state index in [2.05, 4.69) is 31.1 Å². The Morgan fingerprint density at radius 1 is 1.47 bits per heavy atom. The third kappa shape index (κ3) is 6.08. The van der Waals surface area contributed by atoms with Crippen molar-refractivity contribution in [2.75, 3.05) is 18.8 Å². The fourth-order valence-electron chi connectivity index (χ4n) is 1.54. The minimum absolute atomic E-state index is 0.751. The summed E-state index contributed by atoms with van der Waals surface area (Å²) in [4.78, 5) is 4.51. The highest BCUT2D eigenvalue weighted by Gasteiger charge is 2.10. The lowest BCUT2D eigenvalue weighted by atomic mass is 10.1. The molecule has 0 saturated carbocycles. The van der Waals surface area contributed by atoms with E-state index in [9.17, 15) is 0 Å². The van der Waals surface area contributed by atoms with Crippen LogP contribution in [0.15, 0.2) is 4.99 Å². The second-order valence-electron chi connectivity index (χ2n) is 4.88. The van der Waals surface area contributed by atoms with E-state index in [4.69, 9.17) is 0 Å². The van der Waals surface area contributed by atoms with Gasteiger partial charge in [-0.2, -0.15) is 0 Å². The van der Waals surface area contributed by atoms with Crippen LogP contribution < -0.4 is 5.32 Å². The number of hydrogen-bond donors (Lipinski definition) is 1. The SMILES string of the molecule is CC(C)CCCCNC1=NCC(C)CS1. The first-order valence-electron chi connectivity index (χ1n) is 6.09. The summed E-state index contributed by atoms with van der Waals surface area (Å²) in [5.41, 5.74) is 0. The van der Waals surface area contributed by atoms with E-state index in [1.807, 2.05) is 11.8 Å². The smallest absolute Gasteiger partial charge is 0.156 e. The third-order valence-electron chi connectivity index (χ3n) is 2.54. The van der Waals surface area contributed by atoms with Crippen LogP contribution in [0.25, 0.3) is 0 Å². The average molecular weight is 228 g/mol. The molecule has 0 aromatic carbocycles. The van der Waals surface area contributed by atoms with Crippen molar-refractivity contribution in [2.45, 2.75) is 40.0 Å². The van der Waals surface area contributed by atoms with Crippen LogP contribution in [0.4, 0.5) is 0 Å². The fraction of sp³-hybridized carbons (Fsp3) is 0.917. The Morgan fingerprint density at radius 2 is 2.27 bits per heavy atom. The van der Waals surface area contributed by atoms with Crippen molar-refractivity contribution in [3.8, 4) is 0 Å². The Labute approximate surface area is 98.3 Å². The average Bonchev–Trinajstić information content (AvgIpc) is 2.20. The third-order valence-corrected chi connectivity index (χ3v) is 3.82. The first-order valence-corrected chi connectivity index (χ1v) is 7.08. The van der Waals surface area contributed by atoms with Crippen molar-refractivity contribution < 1.29 is 0 Å². The van der Waals surface area contributed by atoms with Gasteiger partial charge in [0, 0.05) is 18.8 Å². The predicted molar refractivity (Wildman–Crippen MR) is 70.6 cm³/mol. The molecule has 3 heteroatoms. The molecule has 0 aromatic heterocycles. The molecule has 1 heterocycles. The van der Waals surface area contributed by atoms with E-state index in [0.29, 0.717) is 0 Å². The molecule has 1 atom stereocenters. The number of thioether (sulfide) groups is 1. The van der Waals surface area contributed by atoms with Gasteiger partial charge in [-0.05, 0) is 18.3 Å². The van der Waals surface area contributed by atoms with Gasteiger partial charge in [-0.25, -0.2) is 0 Å². The number of rotatable bonds is 5. The largest absolute Gasteiger partial charge is 0.365 e. The molecule has 15 heavy (non-hydrogen) atoms. The molecule has 0 radical (unpaired) electrons. The van der Waals surface area contributed by atoms with Gasteiger partial charge in [0.2, 0.25) is 0 Å². The summed E-state index contributed by atoms with van der Waals surface area (Å²) in [5, 5.41) is 4.59. The summed E-state index contributed by atoms with van der Waals surface area (Å²) in [6, 6.07) is 0. The van der Waals surface area contributed by atoms with Gasteiger partial charge in [-0.1, -0.05) is 45.4 Å². The van der Waals surface area contributed by atoms with E-state index in [1.54, 1.807) is 0 Å². The number of nitrogens with one attached hydrogen (secondary N) is 1. The first kappa shape index (κ1) is 12.9. The number of hydrogen-bond acceptors (Lipinski definition) is 3. The highest BCUT2D eigenvalue weighted by Crippen LogP contribution is 2.15. The summed E-state index contributed by atoms with van der Waals surface area (Å²) in [5.74, 6) is 2.81. The van der Waals surface area contributed by atoms with Crippen molar-refractivity contribution in [3.63, 3.8) is 0 Å². The summed E-state index contributed by atoms with van der Waals surface area (Å²) in [6.07, 6.45) is 3.95. The highest BCUT2D eigenvalue weighted by molar-refractivity contribution is 8.13. The lowest BCUT2D eigenvalue weighted by Gasteiger charge is -2.17. The van der Waals surface area contributed by atoms with Crippen molar-refractivity contribution >= 4 is 16.9 Å². The number of nitrogens with zero attached hydrogens (tertiary/aromatic N) is 1. The molecular formula is C12H24N2S. The maximum absolute atomic E-state index is 4.51. The zero-order chi connectivity index (χ0) is 11.1. The summed E-state index contributed by atoms with van der Waals surface area (Å²) < 4.78 is 0. The van der Waals surface area contributed by atoms with E-state index in [0.717, 1.165) is 30.1 Å². The van der Waals surface area contributed by atoms with Crippen LogP contribution in [-0.4, -0.2) is 24.0 Å². The van der Waals surface area contributed by atoms with Gasteiger partial charge in [0.05, 0.1) is 0 Å². The van der Waals surface area contributed by atoms with Crippen molar-refractivity contribution in [2.24, 2.45) is 16.8 Å². The van der Waals surface area contributed by atoms with Gasteiger partial charge in [0.15, 0.2) is 5.17 Å². The Kier molecular flexibility index (Phi) is 6.15. The molecular weight excluding hydrogens is 204 g/mol. The molecule has 0 aromatic rings. The van der Waals surface area contributed by atoms with Gasteiger partial charge in [0.25, 0.3) is 0 Å². The zero-order valence-corrected chi connectivity index (χ0v) is 11.1. The molecule has 0 amide bonds. The molecule has 0 saturated heterocycles. The molecule has 1 aliphatic heterocycles. The molecule has 1 N–H and O–H groups in total. The standard InChI is InChI=1S/C12H24N2S/c1-10(2)6-4-5-7-13-12-14-8-11(3)9-15-12/h10-11H,4-9H2,1-3H3,(H,13,14). The Hall–Kier alpha value is -0.180. The van der Waals surface area contributed by atoms with Crippen LogP contribution in [0.1, 0.15) is 40.0 Å². The van der Waals surface area contributed by atoms with Gasteiger partial charge in [-0.3, -0.25) is 4.99 Å². The summed E-state index contributed by atoms with van der Waals surface area (Å²) in [7, 11) is 0. The van der Waals surface area contributed by atoms with E-state index in [-0.39, 0.29) is 0 Å². The van der Waals surface area contributed by atoms with Crippen LogP contribution in [0.5, 0.6) is 0 Å². The topological polar surface area (TPSA) is 24.4 Å². The molecule has 88 valence electrons. The van der Waals surface area contributed by atoms with Gasteiger partial charge in [-0.15, -0.1) is 0 Å². The van der Waals surface area contributed by atoms with Crippen LogP contribution in [0.3, 0.4) is 0 Å². The Morgan fingerprint density at radius 3 is 2.87 bits per heavy atom. The highest BCUT2D eigenvalue weighted by atomic mass is 32.2. The zero-order valence-electron chi connectivity index (χ0n) is 10.3. The normalized spacial score (nSPS) is 21.6. The second-order valence-corrected chi connectivity index (χ2v) is 5.89. The van der Waals surface area contributed by atoms with Crippen LogP contribution in [0.2, 0.25) is 0 Å². The monoisotopic (exact) mass is 228 g/mol. The molecule has 0 bridgehead atoms. The molecule has 0 aliphatic carbocycles. The van der Waals surface area contributed by atoms with Crippen LogP contribution in [0, 0.1) is 11.8 Å². The molecule has 0 fully saturated rings. The predicted octanol–water partition coefficient (Wildman–Crippen LogP) is 3.14. The van der Waals surface area contributed by atoms with Crippen molar-refractivity contribution in [1.82, 2.24) is 5.32 Å². The minimum atomic E-state index is 0.751. The van der Waals surface area contributed by atoms with Gasteiger partial charge in [0.1, 0.15) is 0 Å². The lowest BCUT2D eigenvalue weighted by molar-refractivity contribution is 0.536.